The SMILES string of the molecule is C=C(N)c1ccc(NC(c2nn(-c3ccccc3C(=O)OC)c(=O)[nH]2)c2cc(OC)c(OC)cc2F)cc1. The number of hydrogen-bond acceptors (Lipinski definition) is 8. The van der Waals surface area contributed by atoms with Crippen molar-refractivity contribution in [2.75, 3.05) is 26.6 Å². The van der Waals surface area contributed by atoms with E-state index in [0.717, 1.165) is 10.2 Å². The molecule has 196 valence electrons. The van der Waals surface area contributed by atoms with Gasteiger partial charge < -0.3 is 25.3 Å². The number of aromatic nitrogens is 3. The Hall–Kier alpha value is -5.06. The Balaban J connectivity index is 1.86. The van der Waals surface area contributed by atoms with Crippen LogP contribution in [0.15, 0.2) is 72.0 Å². The molecule has 4 N–H and O–H groups in total. The second-order valence-corrected chi connectivity index (χ2v) is 8.14. The van der Waals surface area contributed by atoms with Crippen LogP contribution < -0.4 is 26.2 Å². The van der Waals surface area contributed by atoms with Crippen molar-refractivity contribution < 1.29 is 23.4 Å². The summed E-state index contributed by atoms with van der Waals surface area (Å²) in [7, 11) is 4.07. The highest BCUT2D eigenvalue weighted by molar-refractivity contribution is 5.93. The molecule has 4 rings (SSSR count). The molecule has 0 bridgehead atoms. The summed E-state index contributed by atoms with van der Waals surface area (Å²) in [6, 6.07) is 15.0. The van der Waals surface area contributed by atoms with Crippen LogP contribution in [-0.2, 0) is 4.74 Å². The van der Waals surface area contributed by atoms with Crippen LogP contribution in [0.25, 0.3) is 11.4 Å². The van der Waals surface area contributed by atoms with Crippen molar-refractivity contribution in [1.82, 2.24) is 14.8 Å². The third-order valence-corrected chi connectivity index (χ3v) is 5.83. The molecule has 10 nitrogen and oxygen atoms in total. The zero-order chi connectivity index (χ0) is 27.4. The first-order valence-electron chi connectivity index (χ1n) is 11.4. The third-order valence-electron chi connectivity index (χ3n) is 5.83. The van der Waals surface area contributed by atoms with Crippen molar-refractivity contribution in [3.63, 3.8) is 0 Å². The van der Waals surface area contributed by atoms with Crippen molar-refractivity contribution in [2.24, 2.45) is 5.73 Å². The van der Waals surface area contributed by atoms with Crippen LogP contribution in [-0.4, -0.2) is 42.1 Å². The number of rotatable bonds is 9. The van der Waals surface area contributed by atoms with E-state index in [9.17, 15) is 9.59 Å². The number of nitrogens with zero attached hydrogens (tertiary/aromatic N) is 2. The molecule has 0 aliphatic carbocycles. The molecule has 0 radical (unpaired) electrons. The minimum atomic E-state index is -0.985. The fraction of sp³-hybridized carbons (Fsp3) is 0.148. The van der Waals surface area contributed by atoms with Gasteiger partial charge in [0.2, 0.25) is 0 Å². The monoisotopic (exact) mass is 519 g/mol. The molecule has 3 aromatic carbocycles. The summed E-state index contributed by atoms with van der Waals surface area (Å²) >= 11 is 0. The maximum absolute atomic E-state index is 15.4. The molecule has 0 saturated heterocycles. The smallest absolute Gasteiger partial charge is 0.348 e. The highest BCUT2D eigenvalue weighted by Crippen LogP contribution is 2.35. The van der Waals surface area contributed by atoms with E-state index in [0.29, 0.717) is 11.4 Å². The summed E-state index contributed by atoms with van der Waals surface area (Å²) < 4.78 is 31.9. The Morgan fingerprint density at radius 2 is 1.74 bits per heavy atom. The lowest BCUT2D eigenvalue weighted by molar-refractivity contribution is 0.0600. The molecule has 0 saturated carbocycles. The second kappa shape index (κ2) is 10.9. The van der Waals surface area contributed by atoms with Gasteiger partial charge in [0.25, 0.3) is 0 Å². The zero-order valence-electron chi connectivity index (χ0n) is 20.9. The average Bonchev–Trinajstić information content (AvgIpc) is 3.32. The number of esters is 1. The first-order valence-corrected chi connectivity index (χ1v) is 11.4. The van der Waals surface area contributed by atoms with Crippen LogP contribution in [0, 0.1) is 5.82 Å². The predicted molar refractivity (Wildman–Crippen MR) is 140 cm³/mol. The van der Waals surface area contributed by atoms with Crippen molar-refractivity contribution in [1.29, 1.82) is 0 Å². The van der Waals surface area contributed by atoms with E-state index in [1.54, 1.807) is 42.5 Å². The standard InChI is InChI=1S/C27H26FN5O5/c1-15(29)16-9-11-17(12-10-16)30-24(19-13-22(36-2)23(37-3)14-20(19)28)25-31-27(35)33(32-25)21-8-6-5-7-18(21)26(34)38-4/h5-14,24,30H,1,29H2,2-4H3,(H,31,32,35). The first-order chi connectivity index (χ1) is 18.3. The van der Waals surface area contributed by atoms with E-state index in [4.69, 9.17) is 19.9 Å². The maximum atomic E-state index is 15.4. The van der Waals surface area contributed by atoms with Crippen LogP contribution in [0.1, 0.15) is 33.4 Å². The number of benzene rings is 3. The summed E-state index contributed by atoms with van der Waals surface area (Å²) in [6.07, 6.45) is 0. The molecule has 4 aromatic rings. The second-order valence-electron chi connectivity index (χ2n) is 8.14. The lowest BCUT2D eigenvalue weighted by Crippen LogP contribution is -2.19. The lowest BCUT2D eigenvalue weighted by atomic mass is 10.0. The van der Waals surface area contributed by atoms with E-state index >= 15 is 4.39 Å². The van der Waals surface area contributed by atoms with Crippen molar-refractivity contribution in [2.45, 2.75) is 6.04 Å². The van der Waals surface area contributed by atoms with Crippen molar-refractivity contribution in [3.8, 4) is 17.2 Å². The van der Waals surface area contributed by atoms with Crippen LogP contribution in [0.4, 0.5) is 10.1 Å². The van der Waals surface area contributed by atoms with Crippen molar-refractivity contribution >= 4 is 17.4 Å². The number of aromatic amines is 1. The van der Waals surface area contributed by atoms with Gasteiger partial charge in [-0.2, -0.15) is 4.68 Å². The summed E-state index contributed by atoms with van der Waals surface area (Å²) in [6.45, 7) is 3.72. The summed E-state index contributed by atoms with van der Waals surface area (Å²) in [5.41, 5.74) is 7.28. The van der Waals surface area contributed by atoms with E-state index < -0.39 is 23.5 Å². The molecule has 1 heterocycles. The normalized spacial score (nSPS) is 11.5. The van der Waals surface area contributed by atoms with Gasteiger partial charge in [0, 0.05) is 23.0 Å². The molecule has 0 amide bonds. The first kappa shape index (κ1) is 26.0. The fourth-order valence-electron chi connectivity index (χ4n) is 3.91. The Morgan fingerprint density at radius 1 is 1.08 bits per heavy atom. The molecule has 1 atom stereocenters. The summed E-state index contributed by atoms with van der Waals surface area (Å²) in [5.74, 6) is -0.711. The molecule has 1 aromatic heterocycles. The van der Waals surface area contributed by atoms with Gasteiger partial charge in [-0.3, -0.25) is 4.98 Å². The van der Waals surface area contributed by atoms with Gasteiger partial charge in [-0.1, -0.05) is 30.8 Å². The summed E-state index contributed by atoms with van der Waals surface area (Å²) in [4.78, 5) is 28.0. The van der Waals surface area contributed by atoms with E-state index in [2.05, 4.69) is 22.0 Å². The number of methoxy groups -OCH3 is 3. The molecule has 38 heavy (non-hydrogen) atoms. The summed E-state index contributed by atoms with van der Waals surface area (Å²) in [5, 5.41) is 7.62. The van der Waals surface area contributed by atoms with Gasteiger partial charge in [-0.15, -0.1) is 5.10 Å². The van der Waals surface area contributed by atoms with Crippen LogP contribution in [0.5, 0.6) is 11.5 Å². The molecule has 0 fully saturated rings. The lowest BCUT2D eigenvalue weighted by Gasteiger charge is -2.20. The number of carbonyl (C=O) groups excluding carboxylic acids is 1. The largest absolute Gasteiger partial charge is 0.493 e. The number of nitrogens with two attached hydrogens (primary N) is 1. The number of hydrogen-bond donors (Lipinski definition) is 3. The van der Waals surface area contributed by atoms with Crippen LogP contribution in [0.2, 0.25) is 0 Å². The highest BCUT2D eigenvalue weighted by Gasteiger charge is 2.26. The van der Waals surface area contributed by atoms with Crippen LogP contribution in [0.3, 0.4) is 0 Å². The maximum Gasteiger partial charge on any atom is 0.348 e. The van der Waals surface area contributed by atoms with Gasteiger partial charge >= 0.3 is 11.7 Å². The minimum absolute atomic E-state index is 0.0769. The zero-order valence-corrected chi connectivity index (χ0v) is 20.9. The number of ether oxygens (including phenoxy) is 3. The van der Waals surface area contributed by atoms with E-state index in [1.807, 2.05) is 0 Å². The molecule has 11 heteroatoms. The molecule has 1 unspecified atom stereocenters. The Morgan fingerprint density at radius 3 is 2.37 bits per heavy atom. The quantitative estimate of drug-likeness (QED) is 0.286. The highest BCUT2D eigenvalue weighted by atomic mass is 19.1. The van der Waals surface area contributed by atoms with Gasteiger partial charge in [0.15, 0.2) is 17.3 Å². The molecule has 0 aliphatic heterocycles. The molecular weight excluding hydrogens is 493 g/mol. The van der Waals surface area contributed by atoms with Gasteiger partial charge in [-0.25, -0.2) is 14.0 Å². The molecule has 0 spiro atoms. The van der Waals surface area contributed by atoms with Crippen molar-refractivity contribution in [3.05, 3.63) is 106 Å². The van der Waals surface area contributed by atoms with Crippen LogP contribution >= 0.6 is 0 Å². The number of carbonyl (C=O) groups is 1. The number of H-pyrrole nitrogens is 1. The number of anilines is 1. The number of para-hydroxylation sites is 1. The third kappa shape index (κ3) is 5.07. The van der Waals surface area contributed by atoms with E-state index in [1.165, 1.54) is 39.5 Å². The fourth-order valence-corrected chi connectivity index (χ4v) is 3.91. The number of halogens is 1. The topological polar surface area (TPSA) is 133 Å². The van der Waals surface area contributed by atoms with Gasteiger partial charge in [0.1, 0.15) is 11.9 Å². The Kier molecular flexibility index (Phi) is 7.47. The Bertz CT molecular complexity index is 1540. The average molecular weight is 520 g/mol. The Labute approximate surface area is 217 Å². The minimum Gasteiger partial charge on any atom is -0.493 e. The molecular formula is C27H26FN5O5. The number of nitrogens with one attached hydrogen (secondary N) is 2. The molecule has 0 aliphatic rings. The van der Waals surface area contributed by atoms with E-state index in [-0.39, 0.29) is 34.1 Å². The van der Waals surface area contributed by atoms with Gasteiger partial charge in [0.05, 0.1) is 32.6 Å². The van der Waals surface area contributed by atoms with Gasteiger partial charge in [-0.05, 0) is 35.9 Å². The predicted octanol–water partition coefficient (Wildman–Crippen LogP) is 3.63.